The van der Waals surface area contributed by atoms with Crippen LogP contribution in [0.4, 0.5) is 0 Å². The summed E-state index contributed by atoms with van der Waals surface area (Å²) in [6.07, 6.45) is 0.673. The average molecular weight is 349 g/mol. The SMILES string of the molecule is C[C@@H](C[C@H](N)C(=O)NC1(C#N)CCS(=O)(=O)CC1)c1ccccc1. The van der Waals surface area contributed by atoms with E-state index in [9.17, 15) is 18.5 Å². The topological polar surface area (TPSA) is 113 Å². The minimum atomic E-state index is -3.11. The standard InChI is InChI=1S/C17H23N3O3S/c1-13(14-5-3-2-4-6-14)11-15(19)16(21)20-17(12-18)7-9-24(22,23)10-8-17/h2-6,13,15H,7-11,19H2,1H3,(H,20,21)/t13-,15-/m0/s1. The van der Waals surface area contributed by atoms with Crippen molar-refractivity contribution >= 4 is 15.7 Å². The second-order valence-corrected chi connectivity index (χ2v) is 8.79. The van der Waals surface area contributed by atoms with E-state index in [1.807, 2.05) is 37.3 Å². The zero-order chi connectivity index (χ0) is 17.8. The van der Waals surface area contributed by atoms with Crippen molar-refractivity contribution in [3.8, 4) is 6.07 Å². The summed E-state index contributed by atoms with van der Waals surface area (Å²) in [7, 11) is -3.11. The number of hydrogen-bond donors (Lipinski definition) is 2. The van der Waals surface area contributed by atoms with Crippen LogP contribution in [0.15, 0.2) is 30.3 Å². The van der Waals surface area contributed by atoms with E-state index in [-0.39, 0.29) is 30.3 Å². The van der Waals surface area contributed by atoms with Crippen molar-refractivity contribution < 1.29 is 13.2 Å². The molecule has 1 aliphatic rings. The fraction of sp³-hybridized carbons (Fsp3) is 0.529. The van der Waals surface area contributed by atoms with Crippen LogP contribution in [0.3, 0.4) is 0 Å². The predicted octanol–water partition coefficient (Wildman–Crippen LogP) is 1.09. The molecule has 0 aromatic heterocycles. The summed E-state index contributed by atoms with van der Waals surface area (Å²) in [5, 5.41) is 12.1. The molecule has 6 nitrogen and oxygen atoms in total. The van der Waals surface area contributed by atoms with Crippen LogP contribution in [-0.2, 0) is 14.6 Å². The van der Waals surface area contributed by atoms with Crippen LogP contribution in [0.1, 0.15) is 37.7 Å². The van der Waals surface area contributed by atoms with Gasteiger partial charge < -0.3 is 11.1 Å². The molecule has 0 unspecified atom stereocenters. The summed E-state index contributed by atoms with van der Waals surface area (Å²) in [4.78, 5) is 12.4. The number of carbonyl (C=O) groups is 1. The van der Waals surface area contributed by atoms with Crippen LogP contribution in [0.2, 0.25) is 0 Å². The highest BCUT2D eigenvalue weighted by atomic mass is 32.2. The first-order valence-corrected chi connectivity index (χ1v) is 9.83. The van der Waals surface area contributed by atoms with Gasteiger partial charge in [-0.2, -0.15) is 5.26 Å². The van der Waals surface area contributed by atoms with Gasteiger partial charge in [-0.1, -0.05) is 37.3 Å². The second kappa shape index (κ2) is 7.32. The Morgan fingerprint density at radius 2 is 1.92 bits per heavy atom. The summed E-state index contributed by atoms with van der Waals surface area (Å²) >= 11 is 0. The molecule has 1 heterocycles. The quantitative estimate of drug-likeness (QED) is 0.826. The van der Waals surface area contributed by atoms with Crippen LogP contribution >= 0.6 is 0 Å². The first-order valence-electron chi connectivity index (χ1n) is 8.01. The maximum absolute atomic E-state index is 12.4. The van der Waals surface area contributed by atoms with Crippen molar-refractivity contribution in [3.63, 3.8) is 0 Å². The van der Waals surface area contributed by atoms with Gasteiger partial charge in [0.25, 0.3) is 0 Å². The number of carbonyl (C=O) groups excluding carboxylic acids is 1. The zero-order valence-electron chi connectivity index (χ0n) is 13.7. The largest absolute Gasteiger partial charge is 0.336 e. The second-order valence-electron chi connectivity index (χ2n) is 6.49. The van der Waals surface area contributed by atoms with Crippen molar-refractivity contribution in [2.45, 2.75) is 43.7 Å². The normalized spacial score (nSPS) is 21.2. The molecule has 1 aromatic carbocycles. The lowest BCUT2D eigenvalue weighted by Crippen LogP contribution is -2.56. The number of benzene rings is 1. The molecule has 2 rings (SSSR count). The molecule has 24 heavy (non-hydrogen) atoms. The molecule has 0 spiro atoms. The molecule has 1 saturated heterocycles. The fourth-order valence-corrected chi connectivity index (χ4v) is 4.41. The highest BCUT2D eigenvalue weighted by Crippen LogP contribution is 2.24. The van der Waals surface area contributed by atoms with Crippen LogP contribution in [0, 0.1) is 11.3 Å². The molecule has 2 atom stereocenters. The molecule has 0 saturated carbocycles. The van der Waals surface area contributed by atoms with E-state index in [4.69, 9.17) is 5.73 Å². The number of amides is 1. The van der Waals surface area contributed by atoms with Crippen molar-refractivity contribution in [1.29, 1.82) is 5.26 Å². The zero-order valence-corrected chi connectivity index (χ0v) is 14.6. The predicted molar refractivity (Wildman–Crippen MR) is 91.8 cm³/mol. The van der Waals surface area contributed by atoms with Crippen molar-refractivity contribution in [1.82, 2.24) is 5.32 Å². The lowest BCUT2D eigenvalue weighted by Gasteiger charge is -2.32. The van der Waals surface area contributed by atoms with Gasteiger partial charge in [0.15, 0.2) is 9.84 Å². The van der Waals surface area contributed by atoms with Crippen LogP contribution < -0.4 is 11.1 Å². The Balaban J connectivity index is 1.97. The molecule has 7 heteroatoms. The number of nitriles is 1. The van der Waals surface area contributed by atoms with E-state index in [1.54, 1.807) is 0 Å². The summed E-state index contributed by atoms with van der Waals surface area (Å²) in [6, 6.07) is 11.1. The van der Waals surface area contributed by atoms with E-state index in [0.717, 1.165) is 5.56 Å². The third kappa shape index (κ3) is 4.56. The van der Waals surface area contributed by atoms with E-state index >= 15 is 0 Å². The van der Waals surface area contributed by atoms with Gasteiger partial charge in [0.2, 0.25) is 5.91 Å². The number of rotatable bonds is 5. The van der Waals surface area contributed by atoms with Crippen molar-refractivity contribution in [3.05, 3.63) is 35.9 Å². The molecule has 1 aliphatic heterocycles. The fourth-order valence-electron chi connectivity index (χ4n) is 2.89. The molecule has 0 aliphatic carbocycles. The Kier molecular flexibility index (Phi) is 5.62. The van der Waals surface area contributed by atoms with Gasteiger partial charge in [-0.05, 0) is 30.7 Å². The van der Waals surface area contributed by atoms with Gasteiger partial charge in [0.05, 0.1) is 23.6 Å². The summed E-state index contributed by atoms with van der Waals surface area (Å²) in [6.45, 7) is 2.00. The highest BCUT2D eigenvalue weighted by Gasteiger charge is 2.39. The number of hydrogen-bond acceptors (Lipinski definition) is 5. The van der Waals surface area contributed by atoms with Gasteiger partial charge in [0, 0.05) is 0 Å². The molecular weight excluding hydrogens is 326 g/mol. The first kappa shape index (κ1) is 18.4. The molecule has 0 bridgehead atoms. The lowest BCUT2D eigenvalue weighted by molar-refractivity contribution is -0.124. The molecule has 3 N–H and O–H groups in total. The van der Waals surface area contributed by atoms with E-state index in [0.29, 0.717) is 6.42 Å². The Hall–Kier alpha value is -1.91. The van der Waals surface area contributed by atoms with Gasteiger partial charge in [-0.25, -0.2) is 8.42 Å². The molecule has 1 aromatic rings. The Bertz CT molecular complexity index is 711. The number of sulfone groups is 1. The van der Waals surface area contributed by atoms with Gasteiger partial charge in [-0.15, -0.1) is 0 Å². The molecule has 1 amide bonds. The van der Waals surface area contributed by atoms with Gasteiger partial charge >= 0.3 is 0 Å². The lowest BCUT2D eigenvalue weighted by atomic mass is 9.91. The monoisotopic (exact) mass is 349 g/mol. The van der Waals surface area contributed by atoms with Crippen molar-refractivity contribution in [2.75, 3.05) is 11.5 Å². The summed E-state index contributed by atoms with van der Waals surface area (Å²) in [5.41, 5.74) is 5.97. The van der Waals surface area contributed by atoms with Crippen LogP contribution in [0.25, 0.3) is 0 Å². The first-order chi connectivity index (χ1) is 11.3. The minimum absolute atomic E-state index is 0.0868. The summed E-state index contributed by atoms with van der Waals surface area (Å²) < 4.78 is 23.1. The third-order valence-electron chi connectivity index (χ3n) is 4.57. The number of nitrogens with zero attached hydrogens (tertiary/aromatic N) is 1. The maximum Gasteiger partial charge on any atom is 0.238 e. The average Bonchev–Trinajstić information content (AvgIpc) is 2.57. The molecule has 130 valence electrons. The van der Waals surface area contributed by atoms with E-state index in [2.05, 4.69) is 11.4 Å². The molecule has 0 radical (unpaired) electrons. The van der Waals surface area contributed by atoms with Crippen molar-refractivity contribution in [2.24, 2.45) is 5.73 Å². The van der Waals surface area contributed by atoms with E-state index in [1.165, 1.54) is 0 Å². The third-order valence-corrected chi connectivity index (χ3v) is 6.22. The Morgan fingerprint density at radius 3 is 2.46 bits per heavy atom. The summed E-state index contributed by atoms with van der Waals surface area (Å²) in [5.74, 6) is -0.470. The number of nitrogens with two attached hydrogens (primary N) is 1. The van der Waals surface area contributed by atoms with Crippen LogP contribution in [0.5, 0.6) is 0 Å². The number of nitrogens with one attached hydrogen (secondary N) is 1. The Labute approximate surface area is 143 Å². The smallest absolute Gasteiger partial charge is 0.238 e. The van der Waals surface area contributed by atoms with E-state index < -0.39 is 27.3 Å². The van der Waals surface area contributed by atoms with Gasteiger partial charge in [0.1, 0.15) is 5.54 Å². The molecule has 1 fully saturated rings. The maximum atomic E-state index is 12.4. The minimum Gasteiger partial charge on any atom is -0.336 e. The highest BCUT2D eigenvalue weighted by molar-refractivity contribution is 7.91. The Morgan fingerprint density at radius 1 is 1.33 bits per heavy atom. The van der Waals surface area contributed by atoms with Gasteiger partial charge in [-0.3, -0.25) is 4.79 Å². The molecular formula is C17H23N3O3S. The van der Waals surface area contributed by atoms with Crippen LogP contribution in [-0.4, -0.2) is 37.4 Å².